The number of hydrogen-bond acceptors (Lipinski definition) is 4. The number of nitrogens with zero attached hydrogens (tertiary/aromatic N) is 1. The number of nitrogens with one attached hydrogen (secondary N) is 1. The molecule has 1 aromatic carbocycles. The molecule has 5 heteroatoms. The third-order valence-electron chi connectivity index (χ3n) is 2.86. The summed E-state index contributed by atoms with van der Waals surface area (Å²) >= 11 is 1.77. The summed E-state index contributed by atoms with van der Waals surface area (Å²) in [4.78, 5) is 13.1. The Morgan fingerprint density at radius 3 is 2.85 bits per heavy atom. The number of rotatable bonds is 5. The largest absolute Gasteiger partial charge is 0.478 e. The summed E-state index contributed by atoms with van der Waals surface area (Å²) in [6.45, 7) is 2.57. The lowest BCUT2D eigenvalue weighted by Gasteiger charge is -2.07. The molecule has 0 unspecified atom stereocenters. The monoisotopic (exact) mass is 288 g/mol. The Morgan fingerprint density at radius 2 is 2.20 bits per heavy atom. The fraction of sp³-hybridized carbons (Fsp3) is 0.333. The second-order valence-corrected chi connectivity index (χ2v) is 5.66. The number of benzene rings is 1. The summed E-state index contributed by atoms with van der Waals surface area (Å²) in [7, 11) is 0. The maximum Gasteiger partial charge on any atom is 0.231 e. The van der Waals surface area contributed by atoms with E-state index in [0.29, 0.717) is 24.5 Å². The number of hydrogen-bond donors (Lipinski definition) is 1. The Kier molecular flexibility index (Phi) is 5.08. The molecule has 4 nitrogen and oxygen atoms in total. The molecular formula is C15H16N2O2S. The maximum absolute atomic E-state index is 11.9. The molecule has 1 N–H and O–H groups in total. The first-order valence-corrected chi connectivity index (χ1v) is 7.49. The molecule has 20 heavy (non-hydrogen) atoms. The smallest absolute Gasteiger partial charge is 0.231 e. The standard InChI is InChI=1S/C15H16N2O2S/c1-2-20-13-5-3-11(4-6-13)9-14(18)17-15-12(10-16)7-8-19-15/h3-6H,2,7-9H2,1H3,(H,17,18). The number of ether oxygens (including phenoxy) is 1. The minimum Gasteiger partial charge on any atom is -0.478 e. The molecule has 2 rings (SSSR count). The topological polar surface area (TPSA) is 62.1 Å². The van der Waals surface area contributed by atoms with Crippen LogP contribution >= 0.6 is 11.8 Å². The van der Waals surface area contributed by atoms with Crippen LogP contribution in [0.4, 0.5) is 0 Å². The zero-order valence-corrected chi connectivity index (χ0v) is 12.1. The van der Waals surface area contributed by atoms with Crippen LogP contribution in [0.5, 0.6) is 0 Å². The van der Waals surface area contributed by atoms with E-state index in [-0.39, 0.29) is 12.3 Å². The first-order valence-electron chi connectivity index (χ1n) is 6.50. The lowest BCUT2D eigenvalue weighted by atomic mass is 10.1. The van der Waals surface area contributed by atoms with Gasteiger partial charge in [-0.05, 0) is 23.4 Å². The molecule has 0 atom stereocenters. The highest BCUT2D eigenvalue weighted by atomic mass is 32.2. The zero-order chi connectivity index (χ0) is 14.4. The molecule has 0 spiro atoms. The molecule has 104 valence electrons. The SMILES string of the molecule is CCSc1ccc(CC(=O)NC2=C(C#N)CCO2)cc1. The predicted octanol–water partition coefficient (Wildman–Crippen LogP) is 2.61. The van der Waals surface area contributed by atoms with Gasteiger partial charge in [-0.2, -0.15) is 5.26 Å². The van der Waals surface area contributed by atoms with E-state index in [1.54, 1.807) is 11.8 Å². The zero-order valence-electron chi connectivity index (χ0n) is 11.3. The van der Waals surface area contributed by atoms with Crippen molar-refractivity contribution in [2.24, 2.45) is 0 Å². The van der Waals surface area contributed by atoms with Gasteiger partial charge in [0.15, 0.2) is 0 Å². The number of thioether (sulfide) groups is 1. The maximum atomic E-state index is 11.9. The third kappa shape index (κ3) is 3.78. The normalized spacial score (nSPS) is 13.8. The minimum atomic E-state index is -0.162. The van der Waals surface area contributed by atoms with E-state index in [4.69, 9.17) is 10.00 Å². The Labute approximate surface area is 122 Å². The van der Waals surface area contributed by atoms with Crippen molar-refractivity contribution < 1.29 is 9.53 Å². The van der Waals surface area contributed by atoms with Gasteiger partial charge < -0.3 is 4.74 Å². The van der Waals surface area contributed by atoms with Gasteiger partial charge in [0.25, 0.3) is 0 Å². The van der Waals surface area contributed by atoms with Crippen molar-refractivity contribution in [1.29, 1.82) is 5.26 Å². The fourth-order valence-corrected chi connectivity index (χ4v) is 2.56. The van der Waals surface area contributed by atoms with E-state index in [2.05, 4.69) is 12.2 Å². The molecule has 1 aromatic rings. The van der Waals surface area contributed by atoms with Crippen LogP contribution in [-0.4, -0.2) is 18.3 Å². The van der Waals surface area contributed by atoms with E-state index in [0.717, 1.165) is 11.3 Å². The summed E-state index contributed by atoms with van der Waals surface area (Å²) < 4.78 is 5.24. The van der Waals surface area contributed by atoms with Crippen LogP contribution in [0.1, 0.15) is 18.9 Å². The fourth-order valence-electron chi connectivity index (χ4n) is 1.90. The first-order chi connectivity index (χ1) is 9.72. The predicted molar refractivity (Wildman–Crippen MR) is 77.9 cm³/mol. The van der Waals surface area contributed by atoms with Crippen LogP contribution in [0.3, 0.4) is 0 Å². The van der Waals surface area contributed by atoms with Crippen molar-refractivity contribution >= 4 is 17.7 Å². The van der Waals surface area contributed by atoms with Crippen molar-refractivity contribution in [3.05, 3.63) is 41.3 Å². The Balaban J connectivity index is 1.93. The number of nitriles is 1. The molecule has 0 bridgehead atoms. The van der Waals surface area contributed by atoms with Crippen LogP contribution in [0.2, 0.25) is 0 Å². The second kappa shape index (κ2) is 7.01. The van der Waals surface area contributed by atoms with Gasteiger partial charge in [-0.3, -0.25) is 10.1 Å². The van der Waals surface area contributed by atoms with Crippen molar-refractivity contribution in [3.8, 4) is 6.07 Å². The van der Waals surface area contributed by atoms with Crippen molar-refractivity contribution in [2.75, 3.05) is 12.4 Å². The van der Waals surface area contributed by atoms with Gasteiger partial charge in [0, 0.05) is 11.3 Å². The quantitative estimate of drug-likeness (QED) is 0.846. The summed E-state index contributed by atoms with van der Waals surface area (Å²) in [6.07, 6.45) is 0.845. The summed E-state index contributed by atoms with van der Waals surface area (Å²) in [5.41, 5.74) is 1.45. The molecule has 1 aliphatic rings. The molecule has 0 saturated carbocycles. The van der Waals surface area contributed by atoms with Crippen LogP contribution in [0.25, 0.3) is 0 Å². The minimum absolute atomic E-state index is 0.162. The highest BCUT2D eigenvalue weighted by molar-refractivity contribution is 7.99. The highest BCUT2D eigenvalue weighted by Gasteiger charge is 2.18. The van der Waals surface area contributed by atoms with E-state index >= 15 is 0 Å². The van der Waals surface area contributed by atoms with Crippen molar-refractivity contribution in [3.63, 3.8) is 0 Å². The van der Waals surface area contributed by atoms with Crippen LogP contribution < -0.4 is 5.32 Å². The van der Waals surface area contributed by atoms with Gasteiger partial charge >= 0.3 is 0 Å². The average Bonchev–Trinajstić information content (AvgIpc) is 2.88. The Bertz CT molecular complexity index is 558. The molecule has 0 radical (unpaired) electrons. The molecule has 0 aliphatic carbocycles. The van der Waals surface area contributed by atoms with Gasteiger partial charge in [0.1, 0.15) is 6.07 Å². The molecule has 1 amide bonds. The third-order valence-corrected chi connectivity index (χ3v) is 3.75. The van der Waals surface area contributed by atoms with Gasteiger partial charge in [-0.1, -0.05) is 19.1 Å². The van der Waals surface area contributed by atoms with E-state index in [1.165, 1.54) is 4.90 Å². The summed E-state index contributed by atoms with van der Waals surface area (Å²) in [6, 6.07) is 9.98. The lowest BCUT2D eigenvalue weighted by molar-refractivity contribution is -0.120. The average molecular weight is 288 g/mol. The number of carbonyl (C=O) groups is 1. The molecule has 0 aromatic heterocycles. The molecule has 1 heterocycles. The van der Waals surface area contributed by atoms with Gasteiger partial charge in [-0.15, -0.1) is 11.8 Å². The van der Waals surface area contributed by atoms with E-state index in [1.807, 2.05) is 30.3 Å². The van der Waals surface area contributed by atoms with Crippen LogP contribution in [0.15, 0.2) is 40.6 Å². The molecular weight excluding hydrogens is 272 g/mol. The molecule has 0 fully saturated rings. The van der Waals surface area contributed by atoms with Gasteiger partial charge in [-0.25, -0.2) is 0 Å². The Morgan fingerprint density at radius 1 is 1.45 bits per heavy atom. The first kappa shape index (κ1) is 14.5. The molecule has 1 aliphatic heterocycles. The molecule has 0 saturated heterocycles. The van der Waals surface area contributed by atoms with E-state index in [9.17, 15) is 4.79 Å². The summed E-state index contributed by atoms with van der Waals surface area (Å²) in [5, 5.41) is 11.5. The lowest BCUT2D eigenvalue weighted by Crippen LogP contribution is -2.25. The second-order valence-electron chi connectivity index (χ2n) is 4.32. The summed E-state index contributed by atoms with van der Waals surface area (Å²) in [5.74, 6) is 1.18. The van der Waals surface area contributed by atoms with Crippen molar-refractivity contribution in [2.45, 2.75) is 24.7 Å². The van der Waals surface area contributed by atoms with Crippen LogP contribution in [0, 0.1) is 11.3 Å². The van der Waals surface area contributed by atoms with Crippen LogP contribution in [-0.2, 0) is 16.0 Å². The Hall–Kier alpha value is -1.93. The van der Waals surface area contributed by atoms with Crippen molar-refractivity contribution in [1.82, 2.24) is 5.32 Å². The number of amides is 1. The van der Waals surface area contributed by atoms with Gasteiger partial charge in [0.2, 0.25) is 11.8 Å². The van der Waals surface area contributed by atoms with Gasteiger partial charge in [0.05, 0.1) is 18.6 Å². The van der Waals surface area contributed by atoms with E-state index < -0.39 is 0 Å². The highest BCUT2D eigenvalue weighted by Crippen LogP contribution is 2.18. The number of carbonyl (C=O) groups excluding carboxylic acids is 1.